The van der Waals surface area contributed by atoms with Crippen molar-refractivity contribution in [3.8, 4) is 0 Å². The highest BCUT2D eigenvalue weighted by Gasteiger charge is 2.26. The second kappa shape index (κ2) is 7.14. The van der Waals surface area contributed by atoms with Gasteiger partial charge in [0.1, 0.15) is 5.52 Å². The molecule has 23 heavy (non-hydrogen) atoms. The Bertz CT molecular complexity index is 703. The molecule has 3 unspecified atom stereocenters. The molecule has 124 valence electrons. The number of carbonyl (C=O) groups is 1. The maximum atomic E-state index is 12.4. The molecule has 0 bridgehead atoms. The molecule has 2 aromatic rings. The minimum Gasteiger partial charge on any atom is -0.431 e. The molecule has 0 radical (unpaired) electrons. The summed E-state index contributed by atoms with van der Waals surface area (Å²) in [4.78, 5) is 16.8. The molecule has 0 saturated heterocycles. The van der Waals surface area contributed by atoms with Crippen molar-refractivity contribution in [1.29, 1.82) is 0 Å². The fourth-order valence-electron chi connectivity index (χ4n) is 2.97. The van der Waals surface area contributed by atoms with Crippen LogP contribution in [0.1, 0.15) is 39.5 Å². The molecule has 1 aromatic carbocycles. The molecule has 3 atom stereocenters. The van der Waals surface area contributed by atoms with Gasteiger partial charge >= 0.3 is 0 Å². The summed E-state index contributed by atoms with van der Waals surface area (Å²) in [5, 5.41) is 4.06. The summed E-state index contributed by atoms with van der Waals surface area (Å²) in [6, 6.07) is 5.62. The molecule has 1 amide bonds. The van der Waals surface area contributed by atoms with Gasteiger partial charge in [0, 0.05) is 11.1 Å². The first-order chi connectivity index (χ1) is 11.0. The number of aromatic nitrogens is 1. The van der Waals surface area contributed by atoms with Gasteiger partial charge in [0.25, 0.3) is 5.22 Å². The zero-order chi connectivity index (χ0) is 16.4. The molecule has 1 N–H and O–H groups in total. The molecule has 1 aliphatic carbocycles. The highest BCUT2D eigenvalue weighted by atomic mass is 35.5. The lowest BCUT2D eigenvalue weighted by Gasteiger charge is -2.30. The lowest BCUT2D eigenvalue weighted by Crippen LogP contribution is -2.44. The first kappa shape index (κ1) is 16.7. The number of fused-ring (bicyclic) bond motifs is 1. The van der Waals surface area contributed by atoms with Crippen LogP contribution in [0.2, 0.25) is 5.02 Å². The van der Waals surface area contributed by atoms with Crippen molar-refractivity contribution in [3.05, 3.63) is 23.2 Å². The Morgan fingerprint density at radius 1 is 1.43 bits per heavy atom. The molecule has 1 saturated carbocycles. The zero-order valence-corrected chi connectivity index (χ0v) is 14.9. The Balaban J connectivity index is 1.62. The first-order valence-corrected chi connectivity index (χ1v) is 9.32. The van der Waals surface area contributed by atoms with Crippen LogP contribution in [0.4, 0.5) is 0 Å². The Morgan fingerprint density at radius 3 is 3.00 bits per heavy atom. The molecule has 1 heterocycles. The average molecular weight is 353 g/mol. The van der Waals surface area contributed by atoms with Crippen LogP contribution in [0.15, 0.2) is 27.8 Å². The number of rotatable bonds is 4. The van der Waals surface area contributed by atoms with Crippen LogP contribution < -0.4 is 5.32 Å². The third kappa shape index (κ3) is 4.01. The molecule has 0 aliphatic heterocycles. The second-order valence-corrected chi connectivity index (χ2v) is 7.96. The lowest BCUT2D eigenvalue weighted by molar-refractivity contribution is -0.121. The van der Waals surface area contributed by atoms with Gasteiger partial charge in [-0.05, 0) is 43.9 Å². The SMILES string of the molecule is CC(Sc1nc2cc(Cl)ccc2o1)C(=O)NC1CCCCC1C. The number of hydrogen-bond donors (Lipinski definition) is 1. The van der Waals surface area contributed by atoms with E-state index in [4.69, 9.17) is 16.0 Å². The van der Waals surface area contributed by atoms with E-state index in [-0.39, 0.29) is 11.2 Å². The summed E-state index contributed by atoms with van der Waals surface area (Å²) < 4.78 is 5.67. The summed E-state index contributed by atoms with van der Waals surface area (Å²) in [6.07, 6.45) is 4.73. The van der Waals surface area contributed by atoms with E-state index in [0.717, 1.165) is 6.42 Å². The zero-order valence-electron chi connectivity index (χ0n) is 13.3. The Kier molecular flexibility index (Phi) is 5.17. The molecule has 6 heteroatoms. The second-order valence-electron chi connectivity index (χ2n) is 6.23. The van der Waals surface area contributed by atoms with Crippen LogP contribution in [-0.2, 0) is 4.79 Å². The van der Waals surface area contributed by atoms with Crippen LogP contribution in [0.3, 0.4) is 0 Å². The molecule has 1 aromatic heterocycles. The molecule has 3 rings (SSSR count). The minimum atomic E-state index is -0.243. The van der Waals surface area contributed by atoms with Crippen LogP contribution in [0.25, 0.3) is 11.1 Å². The summed E-state index contributed by atoms with van der Waals surface area (Å²) in [7, 11) is 0. The van der Waals surface area contributed by atoms with E-state index in [1.807, 2.05) is 6.92 Å². The normalized spacial score (nSPS) is 22.9. The monoisotopic (exact) mass is 352 g/mol. The number of carbonyl (C=O) groups excluding carboxylic acids is 1. The third-order valence-electron chi connectivity index (χ3n) is 4.42. The molecule has 1 fully saturated rings. The quantitative estimate of drug-likeness (QED) is 0.813. The predicted octanol–water partition coefficient (Wildman–Crippen LogP) is 4.66. The lowest BCUT2D eigenvalue weighted by atomic mass is 9.86. The van der Waals surface area contributed by atoms with E-state index in [0.29, 0.717) is 33.3 Å². The van der Waals surface area contributed by atoms with E-state index in [9.17, 15) is 4.79 Å². The molecular formula is C17H21ClN2O2S. The Morgan fingerprint density at radius 2 is 2.22 bits per heavy atom. The van der Waals surface area contributed by atoms with Crippen LogP contribution in [0, 0.1) is 5.92 Å². The highest BCUT2D eigenvalue weighted by Crippen LogP contribution is 2.29. The van der Waals surface area contributed by atoms with Gasteiger partial charge in [-0.3, -0.25) is 4.79 Å². The third-order valence-corrected chi connectivity index (χ3v) is 5.59. The molecule has 0 spiro atoms. The van der Waals surface area contributed by atoms with E-state index >= 15 is 0 Å². The topological polar surface area (TPSA) is 55.1 Å². The summed E-state index contributed by atoms with van der Waals surface area (Å²) in [5.74, 6) is 0.602. The number of nitrogens with zero attached hydrogens (tertiary/aromatic N) is 1. The standard InChI is InChI=1S/C17H21ClN2O2S/c1-10-5-3-4-6-13(10)19-16(21)11(2)23-17-20-14-9-12(18)7-8-15(14)22-17/h7-11,13H,3-6H2,1-2H3,(H,19,21). The number of hydrogen-bond acceptors (Lipinski definition) is 4. The van der Waals surface area contributed by atoms with Crippen molar-refractivity contribution in [2.24, 2.45) is 5.92 Å². The van der Waals surface area contributed by atoms with Crippen molar-refractivity contribution in [1.82, 2.24) is 10.3 Å². The van der Waals surface area contributed by atoms with Crippen molar-refractivity contribution in [3.63, 3.8) is 0 Å². The molecule has 1 aliphatic rings. The molecule has 4 nitrogen and oxygen atoms in total. The van der Waals surface area contributed by atoms with E-state index in [1.54, 1.807) is 18.2 Å². The van der Waals surface area contributed by atoms with Gasteiger partial charge in [-0.2, -0.15) is 0 Å². The average Bonchev–Trinajstić information content (AvgIpc) is 2.90. The van der Waals surface area contributed by atoms with Crippen LogP contribution in [0.5, 0.6) is 0 Å². The maximum absolute atomic E-state index is 12.4. The number of amides is 1. The van der Waals surface area contributed by atoms with Gasteiger partial charge in [0.2, 0.25) is 5.91 Å². The number of thioether (sulfide) groups is 1. The van der Waals surface area contributed by atoms with Gasteiger partial charge < -0.3 is 9.73 Å². The summed E-state index contributed by atoms with van der Waals surface area (Å²) in [5.41, 5.74) is 1.40. The van der Waals surface area contributed by atoms with Crippen LogP contribution in [-0.4, -0.2) is 22.2 Å². The molecular weight excluding hydrogens is 332 g/mol. The van der Waals surface area contributed by atoms with Crippen molar-refractivity contribution < 1.29 is 9.21 Å². The van der Waals surface area contributed by atoms with Gasteiger partial charge in [-0.1, -0.05) is 43.1 Å². The van der Waals surface area contributed by atoms with E-state index < -0.39 is 0 Å². The fraction of sp³-hybridized carbons (Fsp3) is 0.529. The maximum Gasteiger partial charge on any atom is 0.257 e. The van der Waals surface area contributed by atoms with Crippen molar-refractivity contribution in [2.45, 2.75) is 56.0 Å². The van der Waals surface area contributed by atoms with E-state index in [1.165, 1.54) is 31.0 Å². The Labute approximate surface area is 145 Å². The summed E-state index contributed by atoms with van der Waals surface area (Å²) >= 11 is 7.29. The highest BCUT2D eigenvalue weighted by molar-refractivity contribution is 8.00. The van der Waals surface area contributed by atoms with Gasteiger partial charge in [0.15, 0.2) is 5.58 Å². The predicted molar refractivity (Wildman–Crippen MR) is 93.9 cm³/mol. The Hall–Kier alpha value is -1.20. The minimum absolute atomic E-state index is 0.0500. The number of oxazole rings is 1. The number of halogens is 1. The smallest absolute Gasteiger partial charge is 0.257 e. The van der Waals surface area contributed by atoms with Gasteiger partial charge in [-0.15, -0.1) is 0 Å². The van der Waals surface area contributed by atoms with E-state index in [2.05, 4.69) is 17.2 Å². The summed E-state index contributed by atoms with van der Waals surface area (Å²) in [6.45, 7) is 4.10. The largest absolute Gasteiger partial charge is 0.431 e. The van der Waals surface area contributed by atoms with Crippen molar-refractivity contribution in [2.75, 3.05) is 0 Å². The van der Waals surface area contributed by atoms with Gasteiger partial charge in [0.05, 0.1) is 5.25 Å². The van der Waals surface area contributed by atoms with Crippen molar-refractivity contribution >= 4 is 40.4 Å². The number of benzene rings is 1. The first-order valence-electron chi connectivity index (χ1n) is 8.06. The van der Waals surface area contributed by atoms with Gasteiger partial charge in [-0.25, -0.2) is 4.98 Å². The van der Waals surface area contributed by atoms with Crippen LogP contribution >= 0.6 is 23.4 Å². The fourth-order valence-corrected chi connectivity index (χ4v) is 3.90. The number of nitrogens with one attached hydrogen (secondary N) is 1.